The first-order valence-corrected chi connectivity index (χ1v) is 13.4. The molecule has 0 aliphatic heterocycles. The molecule has 3 fully saturated rings. The van der Waals surface area contributed by atoms with E-state index in [1.165, 1.54) is 38.5 Å². The van der Waals surface area contributed by atoms with Gasteiger partial charge in [0.05, 0.1) is 0 Å². The van der Waals surface area contributed by atoms with Crippen LogP contribution in [0.5, 0.6) is 0 Å². The molecular formula is C25H35NO3Se. The number of hydrogen-bond donors (Lipinski definition) is 0. The minimum absolute atomic E-state index is 0.00828. The molecule has 2 bridgehead atoms. The monoisotopic (exact) mass is 477 g/mol. The van der Waals surface area contributed by atoms with Gasteiger partial charge in [0.1, 0.15) is 0 Å². The third-order valence-corrected chi connectivity index (χ3v) is 11.9. The first-order chi connectivity index (χ1) is 14.4. The number of carbonyl (C=O) groups is 1. The molecule has 0 aromatic heterocycles. The van der Waals surface area contributed by atoms with Crippen molar-refractivity contribution >= 4 is 26.6 Å². The van der Waals surface area contributed by atoms with E-state index in [9.17, 15) is 4.79 Å². The Kier molecular flexibility index (Phi) is 6.44. The molecule has 4 nitrogen and oxygen atoms in total. The Hall–Kier alpha value is -1.16. The second-order valence-electron chi connectivity index (χ2n) is 9.93. The molecule has 0 radical (unpaired) electrons. The SMILES string of the molecule is COC1CCCCCC1[Se][C@@H]1/C(=N/OC(=O)c2ccccc2)[C@]2(C)CC[C@H]1C2(C)C. The van der Waals surface area contributed by atoms with Gasteiger partial charge in [-0.3, -0.25) is 0 Å². The van der Waals surface area contributed by atoms with Crippen molar-refractivity contribution < 1.29 is 14.4 Å². The van der Waals surface area contributed by atoms with Crippen molar-refractivity contribution in [3.8, 4) is 0 Å². The number of nitrogens with zero attached hydrogens (tertiary/aromatic N) is 1. The molecule has 3 saturated carbocycles. The number of carbonyl (C=O) groups excluding carboxylic acids is 1. The van der Waals surface area contributed by atoms with Crippen LogP contribution in [0.4, 0.5) is 0 Å². The van der Waals surface area contributed by atoms with Gasteiger partial charge in [0.2, 0.25) is 0 Å². The van der Waals surface area contributed by atoms with Crippen LogP contribution in [0.2, 0.25) is 9.63 Å². The van der Waals surface area contributed by atoms with E-state index in [0.717, 1.165) is 12.1 Å². The van der Waals surface area contributed by atoms with Crippen molar-refractivity contribution in [1.82, 2.24) is 0 Å². The van der Waals surface area contributed by atoms with E-state index in [-0.39, 0.29) is 16.8 Å². The average molecular weight is 477 g/mol. The van der Waals surface area contributed by atoms with E-state index in [0.29, 0.717) is 42.2 Å². The van der Waals surface area contributed by atoms with E-state index >= 15 is 0 Å². The summed E-state index contributed by atoms with van der Waals surface area (Å²) >= 11 is 0.392. The first kappa shape index (κ1) is 22.0. The molecule has 0 spiro atoms. The molecule has 5 atom stereocenters. The van der Waals surface area contributed by atoms with Crippen molar-refractivity contribution in [2.24, 2.45) is 21.9 Å². The number of oxime groups is 1. The molecule has 3 aliphatic rings. The van der Waals surface area contributed by atoms with Crippen molar-refractivity contribution in [2.75, 3.05) is 7.11 Å². The van der Waals surface area contributed by atoms with Crippen LogP contribution in [-0.4, -0.2) is 39.9 Å². The Bertz CT molecular complexity index is 793. The normalized spacial score (nSPS) is 36.6. The van der Waals surface area contributed by atoms with Crippen LogP contribution in [0.1, 0.15) is 76.1 Å². The molecule has 1 aromatic rings. The second kappa shape index (κ2) is 8.76. The zero-order valence-corrected chi connectivity index (χ0v) is 20.4. The Morgan fingerprint density at radius 1 is 1.07 bits per heavy atom. The topological polar surface area (TPSA) is 47.9 Å². The fourth-order valence-corrected chi connectivity index (χ4v) is 10.5. The van der Waals surface area contributed by atoms with Crippen LogP contribution < -0.4 is 0 Å². The fourth-order valence-electron chi connectivity index (χ4n) is 5.91. The molecule has 0 amide bonds. The Balaban J connectivity index is 1.60. The van der Waals surface area contributed by atoms with Crippen LogP contribution >= 0.6 is 0 Å². The number of methoxy groups -OCH3 is 1. The number of fused-ring (bicyclic) bond motifs is 2. The van der Waals surface area contributed by atoms with Gasteiger partial charge in [-0.05, 0) is 0 Å². The number of ether oxygens (including phenoxy) is 1. The molecular weight excluding hydrogens is 441 g/mol. The summed E-state index contributed by atoms with van der Waals surface area (Å²) in [6, 6.07) is 9.18. The molecule has 164 valence electrons. The van der Waals surface area contributed by atoms with Gasteiger partial charge in [-0.2, -0.15) is 0 Å². The fraction of sp³-hybridized carbons (Fsp3) is 0.680. The third-order valence-electron chi connectivity index (χ3n) is 8.26. The average Bonchev–Trinajstić information content (AvgIpc) is 2.95. The van der Waals surface area contributed by atoms with Gasteiger partial charge in [0, 0.05) is 0 Å². The van der Waals surface area contributed by atoms with E-state index in [4.69, 9.17) is 9.57 Å². The Morgan fingerprint density at radius 2 is 1.80 bits per heavy atom. The Morgan fingerprint density at radius 3 is 2.53 bits per heavy atom. The van der Waals surface area contributed by atoms with E-state index in [2.05, 4.69) is 25.9 Å². The van der Waals surface area contributed by atoms with Gasteiger partial charge in [-0.15, -0.1) is 0 Å². The molecule has 1 aromatic carbocycles. The van der Waals surface area contributed by atoms with Gasteiger partial charge in [-0.25, -0.2) is 0 Å². The summed E-state index contributed by atoms with van der Waals surface area (Å²) in [6.45, 7) is 7.14. The predicted octanol–water partition coefficient (Wildman–Crippen LogP) is 5.92. The molecule has 0 N–H and O–H groups in total. The van der Waals surface area contributed by atoms with Gasteiger partial charge in [-0.1, -0.05) is 0 Å². The van der Waals surface area contributed by atoms with Crippen molar-refractivity contribution in [3.05, 3.63) is 35.9 Å². The summed E-state index contributed by atoms with van der Waals surface area (Å²) in [5.74, 6) is 0.264. The van der Waals surface area contributed by atoms with Gasteiger partial charge in [0.25, 0.3) is 0 Å². The van der Waals surface area contributed by atoms with E-state index in [1.54, 1.807) is 12.1 Å². The van der Waals surface area contributed by atoms with Gasteiger partial charge in [0.15, 0.2) is 0 Å². The zero-order chi connectivity index (χ0) is 21.4. The van der Waals surface area contributed by atoms with Gasteiger partial charge < -0.3 is 0 Å². The quantitative estimate of drug-likeness (QED) is 0.230. The minimum atomic E-state index is -0.359. The maximum atomic E-state index is 12.6. The molecule has 30 heavy (non-hydrogen) atoms. The maximum absolute atomic E-state index is 12.6. The predicted molar refractivity (Wildman–Crippen MR) is 121 cm³/mol. The van der Waals surface area contributed by atoms with Crippen LogP contribution in [0.3, 0.4) is 0 Å². The van der Waals surface area contributed by atoms with Crippen molar-refractivity contribution in [1.29, 1.82) is 0 Å². The van der Waals surface area contributed by atoms with Crippen molar-refractivity contribution in [3.63, 3.8) is 0 Å². The van der Waals surface area contributed by atoms with Crippen LogP contribution in [0.15, 0.2) is 35.5 Å². The molecule has 2 unspecified atom stereocenters. The third kappa shape index (κ3) is 3.78. The molecule has 5 heteroatoms. The summed E-state index contributed by atoms with van der Waals surface area (Å²) in [5.41, 5.74) is 1.89. The first-order valence-electron chi connectivity index (χ1n) is 11.4. The molecule has 0 saturated heterocycles. The van der Waals surface area contributed by atoms with Crippen LogP contribution in [0.25, 0.3) is 0 Å². The molecule has 4 rings (SSSR count). The van der Waals surface area contributed by atoms with Crippen LogP contribution in [0, 0.1) is 16.7 Å². The van der Waals surface area contributed by atoms with Crippen LogP contribution in [-0.2, 0) is 9.57 Å². The van der Waals surface area contributed by atoms with E-state index < -0.39 is 0 Å². The van der Waals surface area contributed by atoms with E-state index in [1.807, 2.05) is 25.3 Å². The summed E-state index contributed by atoms with van der Waals surface area (Å²) < 4.78 is 5.93. The molecule has 0 heterocycles. The number of rotatable bonds is 5. The number of benzene rings is 1. The Labute approximate surface area is 187 Å². The second-order valence-corrected chi connectivity index (χ2v) is 12.8. The molecule has 3 aliphatic carbocycles. The number of hydrogen-bond acceptors (Lipinski definition) is 4. The standard InChI is InChI=1S/C25H35NO3Se/c1-24(2)18-15-16-25(24,3)22(26-29-23(27)17-11-7-5-8-12-17)21(18)30-20-14-10-6-9-13-19(20)28-4/h5,7-8,11-12,18-21H,6,9-10,13-16H2,1-4H3/b26-22-/t18-,19?,20?,21+,25+/m1/s1. The summed E-state index contributed by atoms with van der Waals surface area (Å²) in [5, 5.41) is 4.61. The summed E-state index contributed by atoms with van der Waals surface area (Å²) in [4.78, 5) is 19.2. The summed E-state index contributed by atoms with van der Waals surface area (Å²) in [7, 11) is 1.88. The van der Waals surface area contributed by atoms with Gasteiger partial charge >= 0.3 is 187 Å². The zero-order valence-electron chi connectivity index (χ0n) is 18.7. The van der Waals surface area contributed by atoms with Crippen molar-refractivity contribution in [2.45, 2.75) is 81.5 Å². The summed E-state index contributed by atoms with van der Waals surface area (Å²) in [6.07, 6.45) is 9.10.